The van der Waals surface area contributed by atoms with Crippen molar-refractivity contribution in [2.75, 3.05) is 31.6 Å². The Balaban J connectivity index is 1.70. The molecule has 3 rings (SSSR count). The molecule has 1 fully saturated rings. The van der Waals surface area contributed by atoms with E-state index in [2.05, 4.69) is 5.32 Å². The second kappa shape index (κ2) is 8.88. The Kier molecular flexibility index (Phi) is 6.32. The minimum atomic E-state index is -0.781. The average Bonchev–Trinajstić information content (AvgIpc) is 2.70. The van der Waals surface area contributed by atoms with Gasteiger partial charge in [-0.1, -0.05) is 35.9 Å². The number of halogens is 1. The van der Waals surface area contributed by atoms with Gasteiger partial charge in [0.15, 0.2) is 6.10 Å². The highest BCUT2D eigenvalue weighted by Crippen LogP contribution is 2.25. The van der Waals surface area contributed by atoms with E-state index in [4.69, 9.17) is 21.1 Å². The largest absolute Gasteiger partial charge is 0.479 e. The maximum absolute atomic E-state index is 12.8. The van der Waals surface area contributed by atoms with Gasteiger partial charge in [0.2, 0.25) is 0 Å². The van der Waals surface area contributed by atoms with Gasteiger partial charge >= 0.3 is 0 Å². The van der Waals surface area contributed by atoms with Crippen LogP contribution in [0.1, 0.15) is 17.3 Å². The van der Waals surface area contributed by atoms with Crippen LogP contribution in [0.3, 0.4) is 0 Å². The lowest BCUT2D eigenvalue weighted by Gasteiger charge is -2.27. The number of carbonyl (C=O) groups is 2. The first-order valence-electron chi connectivity index (χ1n) is 8.74. The molecule has 0 aliphatic carbocycles. The zero-order chi connectivity index (χ0) is 19.2. The van der Waals surface area contributed by atoms with Gasteiger partial charge in [0.05, 0.1) is 29.5 Å². The first-order chi connectivity index (χ1) is 13.1. The number of morpholine rings is 1. The van der Waals surface area contributed by atoms with Crippen LogP contribution in [-0.4, -0.2) is 49.1 Å². The number of amides is 2. The van der Waals surface area contributed by atoms with Gasteiger partial charge in [0.25, 0.3) is 11.8 Å². The molecule has 7 heteroatoms. The lowest BCUT2D eigenvalue weighted by atomic mass is 10.1. The standard InChI is InChI=1S/C20H21ClN2O4/c1-14(27-18-9-5-3-7-16(18)21)19(24)22-17-8-4-2-6-15(17)20(25)23-10-12-26-13-11-23/h2-9,14H,10-13H2,1H3,(H,22,24)/t14-/m0/s1. The van der Waals surface area contributed by atoms with Gasteiger partial charge in [-0.25, -0.2) is 0 Å². The van der Waals surface area contributed by atoms with Crippen molar-refractivity contribution >= 4 is 29.1 Å². The SMILES string of the molecule is C[C@H](Oc1ccccc1Cl)C(=O)Nc1ccccc1C(=O)N1CCOCC1. The molecule has 142 valence electrons. The molecule has 0 unspecified atom stereocenters. The fraction of sp³-hybridized carbons (Fsp3) is 0.300. The molecule has 1 saturated heterocycles. The molecule has 2 amide bonds. The molecule has 0 aromatic heterocycles. The Labute approximate surface area is 163 Å². The number of carbonyl (C=O) groups excluding carboxylic acids is 2. The van der Waals surface area contributed by atoms with Crippen LogP contribution in [0.2, 0.25) is 5.02 Å². The van der Waals surface area contributed by atoms with E-state index < -0.39 is 6.10 Å². The van der Waals surface area contributed by atoms with Crippen LogP contribution in [0.25, 0.3) is 0 Å². The molecule has 6 nitrogen and oxygen atoms in total. The van der Waals surface area contributed by atoms with Gasteiger partial charge < -0.3 is 19.7 Å². The normalized spacial score (nSPS) is 15.1. The smallest absolute Gasteiger partial charge is 0.265 e. The van der Waals surface area contributed by atoms with Gasteiger partial charge in [-0.15, -0.1) is 0 Å². The molecule has 2 aromatic carbocycles. The van der Waals surface area contributed by atoms with Crippen molar-refractivity contribution in [3.8, 4) is 5.75 Å². The molecule has 1 atom stereocenters. The minimum Gasteiger partial charge on any atom is -0.479 e. The predicted octanol–water partition coefficient (Wildman–Crippen LogP) is 3.22. The summed E-state index contributed by atoms with van der Waals surface area (Å²) in [5, 5.41) is 3.21. The second-order valence-corrected chi connectivity index (χ2v) is 6.54. The van der Waals surface area contributed by atoms with E-state index in [1.807, 2.05) is 0 Å². The Morgan fingerprint density at radius 3 is 2.52 bits per heavy atom. The third-order valence-electron chi connectivity index (χ3n) is 4.22. The van der Waals surface area contributed by atoms with Gasteiger partial charge in [-0.3, -0.25) is 9.59 Å². The van der Waals surface area contributed by atoms with Gasteiger partial charge in [0, 0.05) is 13.1 Å². The summed E-state index contributed by atoms with van der Waals surface area (Å²) in [7, 11) is 0. The molecule has 1 N–H and O–H groups in total. The van der Waals surface area contributed by atoms with E-state index in [9.17, 15) is 9.59 Å². The van der Waals surface area contributed by atoms with Crippen LogP contribution < -0.4 is 10.1 Å². The summed E-state index contributed by atoms with van der Waals surface area (Å²) < 4.78 is 10.9. The molecule has 0 saturated carbocycles. The van der Waals surface area contributed by atoms with E-state index in [0.717, 1.165) is 0 Å². The highest BCUT2D eigenvalue weighted by Gasteiger charge is 2.23. The van der Waals surface area contributed by atoms with Crippen LogP contribution in [0.4, 0.5) is 5.69 Å². The zero-order valence-corrected chi connectivity index (χ0v) is 15.7. The van der Waals surface area contributed by atoms with Gasteiger partial charge in [0.1, 0.15) is 5.75 Å². The van der Waals surface area contributed by atoms with Gasteiger partial charge in [-0.2, -0.15) is 0 Å². The molecule has 0 bridgehead atoms. The van der Waals surface area contributed by atoms with Crippen molar-refractivity contribution < 1.29 is 19.1 Å². The summed E-state index contributed by atoms with van der Waals surface area (Å²) in [6, 6.07) is 13.9. The second-order valence-electron chi connectivity index (χ2n) is 6.13. The Morgan fingerprint density at radius 2 is 1.78 bits per heavy atom. The highest BCUT2D eigenvalue weighted by atomic mass is 35.5. The molecule has 0 radical (unpaired) electrons. The van der Waals surface area contributed by atoms with Crippen molar-refractivity contribution in [3.63, 3.8) is 0 Å². The minimum absolute atomic E-state index is 0.131. The number of anilines is 1. The number of hydrogen-bond acceptors (Lipinski definition) is 4. The lowest BCUT2D eigenvalue weighted by molar-refractivity contribution is -0.122. The first-order valence-corrected chi connectivity index (χ1v) is 9.12. The summed E-state index contributed by atoms with van der Waals surface area (Å²) in [6.45, 7) is 3.73. The van der Waals surface area contributed by atoms with E-state index in [1.165, 1.54) is 0 Å². The van der Waals surface area contributed by atoms with Crippen LogP contribution in [0, 0.1) is 0 Å². The van der Waals surface area contributed by atoms with Crippen molar-refractivity contribution in [1.82, 2.24) is 4.90 Å². The van der Waals surface area contributed by atoms with Crippen molar-refractivity contribution in [2.24, 2.45) is 0 Å². The number of hydrogen-bond donors (Lipinski definition) is 1. The topological polar surface area (TPSA) is 67.9 Å². The summed E-state index contributed by atoms with van der Waals surface area (Å²) in [5.74, 6) is -0.0643. The first kappa shape index (κ1) is 19.2. The monoisotopic (exact) mass is 388 g/mol. The van der Waals surface area contributed by atoms with Crippen molar-refractivity contribution in [3.05, 3.63) is 59.1 Å². The predicted molar refractivity (Wildman–Crippen MR) is 103 cm³/mol. The molecular weight excluding hydrogens is 368 g/mol. The van der Waals surface area contributed by atoms with Crippen molar-refractivity contribution in [2.45, 2.75) is 13.0 Å². The fourth-order valence-corrected chi connectivity index (χ4v) is 2.91. The maximum Gasteiger partial charge on any atom is 0.265 e. The molecule has 2 aromatic rings. The maximum atomic E-state index is 12.8. The van der Waals surface area contributed by atoms with E-state index in [1.54, 1.807) is 60.4 Å². The van der Waals surface area contributed by atoms with Crippen LogP contribution in [-0.2, 0) is 9.53 Å². The molecule has 27 heavy (non-hydrogen) atoms. The highest BCUT2D eigenvalue weighted by molar-refractivity contribution is 6.32. The number of rotatable bonds is 5. The Morgan fingerprint density at radius 1 is 1.11 bits per heavy atom. The summed E-state index contributed by atoms with van der Waals surface area (Å²) in [5.41, 5.74) is 0.895. The summed E-state index contributed by atoms with van der Waals surface area (Å²) in [6.07, 6.45) is -0.781. The summed E-state index contributed by atoms with van der Waals surface area (Å²) in [4.78, 5) is 27.1. The average molecular weight is 389 g/mol. The number of nitrogens with zero attached hydrogens (tertiary/aromatic N) is 1. The van der Waals surface area contributed by atoms with Crippen LogP contribution >= 0.6 is 11.6 Å². The third kappa shape index (κ3) is 4.78. The van der Waals surface area contributed by atoms with E-state index >= 15 is 0 Å². The number of ether oxygens (including phenoxy) is 2. The van der Waals surface area contributed by atoms with Crippen molar-refractivity contribution in [1.29, 1.82) is 0 Å². The van der Waals surface area contributed by atoms with Crippen LogP contribution in [0.5, 0.6) is 5.75 Å². The number of nitrogens with one attached hydrogen (secondary N) is 1. The number of benzene rings is 2. The molecular formula is C20H21ClN2O4. The lowest BCUT2D eigenvalue weighted by Crippen LogP contribution is -2.41. The number of para-hydroxylation sites is 2. The van der Waals surface area contributed by atoms with E-state index in [-0.39, 0.29) is 11.8 Å². The fourth-order valence-electron chi connectivity index (χ4n) is 2.73. The quantitative estimate of drug-likeness (QED) is 0.854. The molecule has 1 aliphatic heterocycles. The third-order valence-corrected chi connectivity index (χ3v) is 4.54. The molecule has 1 heterocycles. The Bertz CT molecular complexity index is 821. The zero-order valence-electron chi connectivity index (χ0n) is 15.0. The van der Waals surface area contributed by atoms with E-state index in [0.29, 0.717) is 48.3 Å². The van der Waals surface area contributed by atoms with Gasteiger partial charge in [-0.05, 0) is 31.2 Å². The Hall–Kier alpha value is -2.57. The molecule has 0 spiro atoms. The molecule has 1 aliphatic rings. The summed E-state index contributed by atoms with van der Waals surface area (Å²) >= 11 is 6.07. The van der Waals surface area contributed by atoms with Crippen LogP contribution in [0.15, 0.2) is 48.5 Å².